The SMILES string of the molecule is CC(C)(C)c1nc(NN)cc(N2CCCC(C(N)=O)C2)n1. The van der Waals surface area contributed by atoms with Gasteiger partial charge in [-0.3, -0.25) is 4.79 Å². The largest absolute Gasteiger partial charge is 0.369 e. The van der Waals surface area contributed by atoms with Gasteiger partial charge in [0.1, 0.15) is 17.5 Å². The first kappa shape index (κ1) is 15.5. The Morgan fingerprint density at radius 1 is 1.43 bits per heavy atom. The molecule has 1 saturated heterocycles. The van der Waals surface area contributed by atoms with Crippen LogP contribution in [-0.4, -0.2) is 29.0 Å². The molecule has 0 aromatic carbocycles. The Balaban J connectivity index is 2.32. The fraction of sp³-hybridized carbons (Fsp3) is 0.643. The second-order valence-electron chi connectivity index (χ2n) is 6.52. The third-order valence-electron chi connectivity index (χ3n) is 3.68. The quantitative estimate of drug-likeness (QED) is 0.560. The molecule has 1 aromatic heterocycles. The van der Waals surface area contributed by atoms with Crippen LogP contribution in [0.5, 0.6) is 0 Å². The molecule has 1 unspecified atom stereocenters. The van der Waals surface area contributed by atoms with Gasteiger partial charge < -0.3 is 16.1 Å². The Kier molecular flexibility index (Phi) is 4.32. The van der Waals surface area contributed by atoms with Gasteiger partial charge in [0.05, 0.1) is 5.92 Å². The van der Waals surface area contributed by atoms with Gasteiger partial charge in [-0.2, -0.15) is 0 Å². The second-order valence-corrected chi connectivity index (χ2v) is 6.52. The smallest absolute Gasteiger partial charge is 0.222 e. The molecule has 0 spiro atoms. The Hall–Kier alpha value is -1.89. The Morgan fingerprint density at radius 2 is 2.14 bits per heavy atom. The highest BCUT2D eigenvalue weighted by Crippen LogP contribution is 2.26. The summed E-state index contributed by atoms with van der Waals surface area (Å²) in [5, 5.41) is 0. The molecule has 5 N–H and O–H groups in total. The number of nitrogen functional groups attached to an aromatic ring is 1. The minimum atomic E-state index is -0.248. The molecule has 1 fully saturated rings. The number of hydrogen-bond acceptors (Lipinski definition) is 6. The predicted molar refractivity (Wildman–Crippen MR) is 82.7 cm³/mol. The second kappa shape index (κ2) is 5.85. The van der Waals surface area contributed by atoms with Crippen LogP contribution < -0.4 is 21.9 Å². The summed E-state index contributed by atoms with van der Waals surface area (Å²) in [6, 6.07) is 1.80. The standard InChI is InChI=1S/C14H24N6O/c1-14(2,3)13-17-10(19-16)7-11(18-13)20-6-4-5-9(8-20)12(15)21/h7,9H,4-6,8,16H2,1-3H3,(H2,15,21)(H,17,18,19). The number of carbonyl (C=O) groups excluding carboxylic acids is 1. The van der Waals surface area contributed by atoms with E-state index >= 15 is 0 Å². The fourth-order valence-corrected chi connectivity index (χ4v) is 2.42. The van der Waals surface area contributed by atoms with Gasteiger partial charge in [-0.25, -0.2) is 15.8 Å². The summed E-state index contributed by atoms with van der Waals surface area (Å²) in [5.41, 5.74) is 7.84. The van der Waals surface area contributed by atoms with Crippen LogP contribution in [0.1, 0.15) is 39.4 Å². The van der Waals surface area contributed by atoms with Crippen molar-refractivity contribution in [3.05, 3.63) is 11.9 Å². The van der Waals surface area contributed by atoms with E-state index in [1.165, 1.54) is 0 Å². The normalized spacial score (nSPS) is 19.4. The molecule has 1 aliphatic heterocycles. The summed E-state index contributed by atoms with van der Waals surface area (Å²) < 4.78 is 0. The molecule has 2 heterocycles. The molecular weight excluding hydrogens is 268 g/mol. The van der Waals surface area contributed by atoms with Gasteiger partial charge in [-0.05, 0) is 12.8 Å². The number of nitrogens with one attached hydrogen (secondary N) is 1. The van der Waals surface area contributed by atoms with Crippen molar-refractivity contribution in [2.75, 3.05) is 23.4 Å². The van der Waals surface area contributed by atoms with Crippen molar-refractivity contribution in [1.82, 2.24) is 9.97 Å². The van der Waals surface area contributed by atoms with E-state index < -0.39 is 0 Å². The molecule has 7 heteroatoms. The van der Waals surface area contributed by atoms with Gasteiger partial charge in [0.15, 0.2) is 0 Å². The zero-order chi connectivity index (χ0) is 15.6. The highest BCUT2D eigenvalue weighted by molar-refractivity contribution is 5.77. The van der Waals surface area contributed by atoms with Gasteiger partial charge in [0, 0.05) is 24.6 Å². The average molecular weight is 292 g/mol. The lowest BCUT2D eigenvalue weighted by atomic mass is 9.95. The van der Waals surface area contributed by atoms with Crippen LogP contribution in [0.15, 0.2) is 6.07 Å². The molecule has 21 heavy (non-hydrogen) atoms. The lowest BCUT2D eigenvalue weighted by Crippen LogP contribution is -2.41. The number of anilines is 2. The Morgan fingerprint density at radius 3 is 2.71 bits per heavy atom. The molecule has 0 saturated carbocycles. The number of hydrogen-bond donors (Lipinski definition) is 3. The lowest BCUT2D eigenvalue weighted by molar-refractivity contribution is -0.122. The zero-order valence-corrected chi connectivity index (χ0v) is 12.9. The molecule has 1 atom stereocenters. The maximum Gasteiger partial charge on any atom is 0.222 e. The van der Waals surface area contributed by atoms with E-state index in [0.717, 1.165) is 25.2 Å². The fourth-order valence-electron chi connectivity index (χ4n) is 2.42. The van der Waals surface area contributed by atoms with Crippen molar-refractivity contribution in [2.24, 2.45) is 17.5 Å². The molecule has 0 bridgehead atoms. The van der Waals surface area contributed by atoms with Gasteiger partial charge in [0.25, 0.3) is 0 Å². The first-order valence-corrected chi connectivity index (χ1v) is 7.21. The maximum atomic E-state index is 11.4. The number of primary amides is 1. The minimum Gasteiger partial charge on any atom is -0.369 e. The Bertz CT molecular complexity index is 525. The van der Waals surface area contributed by atoms with Gasteiger partial charge in [-0.1, -0.05) is 20.8 Å². The highest BCUT2D eigenvalue weighted by atomic mass is 16.1. The van der Waals surface area contributed by atoms with Gasteiger partial charge in [0.2, 0.25) is 5.91 Å². The molecule has 1 aromatic rings. The summed E-state index contributed by atoms with van der Waals surface area (Å²) in [5.74, 6) is 7.21. The van der Waals surface area contributed by atoms with Crippen molar-refractivity contribution >= 4 is 17.5 Å². The van der Waals surface area contributed by atoms with Crippen molar-refractivity contribution < 1.29 is 4.79 Å². The number of nitrogens with zero attached hydrogens (tertiary/aromatic N) is 3. The van der Waals surface area contributed by atoms with Crippen LogP contribution in [0.4, 0.5) is 11.6 Å². The lowest BCUT2D eigenvalue weighted by Gasteiger charge is -2.33. The topological polar surface area (TPSA) is 110 Å². The van der Waals surface area contributed by atoms with E-state index in [4.69, 9.17) is 11.6 Å². The van der Waals surface area contributed by atoms with Gasteiger partial charge >= 0.3 is 0 Å². The van der Waals surface area contributed by atoms with Crippen LogP contribution in [-0.2, 0) is 10.2 Å². The van der Waals surface area contributed by atoms with Crippen LogP contribution in [0.3, 0.4) is 0 Å². The van der Waals surface area contributed by atoms with E-state index in [1.54, 1.807) is 6.07 Å². The number of amides is 1. The number of nitrogens with two attached hydrogens (primary N) is 2. The first-order chi connectivity index (χ1) is 9.81. The maximum absolute atomic E-state index is 11.4. The van der Waals surface area contributed by atoms with E-state index in [2.05, 4.69) is 41.1 Å². The van der Waals surface area contributed by atoms with Crippen molar-refractivity contribution in [3.63, 3.8) is 0 Å². The molecule has 116 valence electrons. The Labute approximate surface area is 125 Å². The molecule has 1 amide bonds. The van der Waals surface area contributed by atoms with Crippen LogP contribution in [0.25, 0.3) is 0 Å². The van der Waals surface area contributed by atoms with Crippen LogP contribution in [0.2, 0.25) is 0 Å². The number of aromatic nitrogens is 2. The number of piperidine rings is 1. The van der Waals surface area contributed by atoms with Crippen molar-refractivity contribution in [1.29, 1.82) is 0 Å². The average Bonchev–Trinajstić information content (AvgIpc) is 2.46. The highest BCUT2D eigenvalue weighted by Gasteiger charge is 2.26. The molecule has 2 rings (SSSR count). The third kappa shape index (κ3) is 3.60. The molecule has 7 nitrogen and oxygen atoms in total. The van der Waals surface area contributed by atoms with Gasteiger partial charge in [-0.15, -0.1) is 0 Å². The molecular formula is C14H24N6O. The number of hydrazine groups is 1. The third-order valence-corrected chi connectivity index (χ3v) is 3.68. The van der Waals surface area contributed by atoms with Crippen LogP contribution in [0, 0.1) is 5.92 Å². The zero-order valence-electron chi connectivity index (χ0n) is 12.9. The van der Waals surface area contributed by atoms with Crippen molar-refractivity contribution in [2.45, 2.75) is 39.0 Å². The summed E-state index contributed by atoms with van der Waals surface area (Å²) in [4.78, 5) is 22.5. The monoisotopic (exact) mass is 292 g/mol. The van der Waals surface area contributed by atoms with E-state index in [1.807, 2.05) is 0 Å². The van der Waals surface area contributed by atoms with E-state index in [9.17, 15) is 4.79 Å². The van der Waals surface area contributed by atoms with E-state index in [0.29, 0.717) is 18.2 Å². The number of rotatable bonds is 3. The van der Waals surface area contributed by atoms with E-state index in [-0.39, 0.29) is 17.2 Å². The predicted octanol–water partition coefficient (Wildman–Crippen LogP) is 0.761. The molecule has 0 aliphatic carbocycles. The summed E-state index contributed by atoms with van der Waals surface area (Å²) in [6.45, 7) is 7.60. The summed E-state index contributed by atoms with van der Waals surface area (Å²) in [7, 11) is 0. The summed E-state index contributed by atoms with van der Waals surface area (Å²) >= 11 is 0. The minimum absolute atomic E-state index is 0.124. The first-order valence-electron chi connectivity index (χ1n) is 7.21. The summed E-state index contributed by atoms with van der Waals surface area (Å²) in [6.07, 6.45) is 1.76. The molecule has 0 radical (unpaired) electrons. The number of carbonyl (C=O) groups is 1. The van der Waals surface area contributed by atoms with Crippen LogP contribution >= 0.6 is 0 Å². The van der Waals surface area contributed by atoms with Crippen molar-refractivity contribution in [3.8, 4) is 0 Å². The molecule has 1 aliphatic rings.